The lowest BCUT2D eigenvalue weighted by Gasteiger charge is -2.18. The third kappa shape index (κ3) is 9.10. The summed E-state index contributed by atoms with van der Waals surface area (Å²) in [6.07, 6.45) is 1.19. The molecule has 0 fully saturated rings. The van der Waals surface area contributed by atoms with Gasteiger partial charge in [0, 0.05) is 12.5 Å². The first-order valence-electron chi connectivity index (χ1n) is 7.43. The van der Waals surface area contributed by atoms with E-state index in [4.69, 9.17) is 4.74 Å². The van der Waals surface area contributed by atoms with Gasteiger partial charge in [0.05, 0.1) is 13.0 Å². The van der Waals surface area contributed by atoms with Crippen LogP contribution in [0.1, 0.15) is 46.5 Å². The van der Waals surface area contributed by atoms with E-state index in [2.05, 4.69) is 10.1 Å². The average Bonchev–Trinajstić information content (AvgIpc) is 2.48. The summed E-state index contributed by atoms with van der Waals surface area (Å²) in [4.78, 5) is 44.0. The van der Waals surface area contributed by atoms with Gasteiger partial charge in [0.25, 0.3) is 6.47 Å². The van der Waals surface area contributed by atoms with Crippen LogP contribution in [-0.2, 0) is 28.7 Å². The van der Waals surface area contributed by atoms with E-state index in [1.54, 1.807) is 13.8 Å². The van der Waals surface area contributed by atoms with E-state index in [0.29, 0.717) is 25.6 Å². The molecule has 0 radical (unpaired) electrons. The van der Waals surface area contributed by atoms with E-state index >= 15 is 0 Å². The van der Waals surface area contributed by atoms with Crippen molar-refractivity contribution in [2.75, 3.05) is 6.61 Å². The maximum Gasteiger partial charge on any atom is 0.306 e. The molecule has 2 atom stereocenters. The van der Waals surface area contributed by atoms with Gasteiger partial charge in [-0.15, -0.1) is 0 Å². The maximum atomic E-state index is 11.7. The Labute approximate surface area is 130 Å². The van der Waals surface area contributed by atoms with Gasteiger partial charge in [-0.05, 0) is 18.8 Å². The molecule has 7 nitrogen and oxygen atoms in total. The van der Waals surface area contributed by atoms with Gasteiger partial charge in [-0.25, -0.2) is 0 Å². The average molecular weight is 315 g/mol. The zero-order valence-corrected chi connectivity index (χ0v) is 13.4. The molecule has 0 aliphatic rings. The number of esters is 1. The summed E-state index contributed by atoms with van der Waals surface area (Å²) in [7, 11) is 0. The molecule has 0 saturated heterocycles. The van der Waals surface area contributed by atoms with Gasteiger partial charge in [-0.1, -0.05) is 20.8 Å². The number of amides is 1. The molecule has 0 aromatic carbocycles. The Morgan fingerprint density at radius 3 is 2.36 bits per heavy atom. The first-order valence-corrected chi connectivity index (χ1v) is 7.43. The highest BCUT2D eigenvalue weighted by Crippen LogP contribution is 2.08. The van der Waals surface area contributed by atoms with Crippen molar-refractivity contribution < 1.29 is 28.7 Å². The molecule has 0 bridgehead atoms. The summed E-state index contributed by atoms with van der Waals surface area (Å²) in [6.45, 7) is 5.80. The largest absolute Gasteiger partial charge is 0.467 e. The molecule has 7 heteroatoms. The molecule has 1 N–H and O–H groups in total. The van der Waals surface area contributed by atoms with Gasteiger partial charge in [-0.3, -0.25) is 19.2 Å². The third-order valence-electron chi connectivity index (χ3n) is 3.13. The standard InChI is InChI=1S/C15H25NO6/c1-4-12(16-14(19)7-8-21-10-18)5-6-15(20)22-13(9-17)11(2)3/h9-13H,4-8H2,1-3H3,(H,16,19)/t12-,13?/m1/s1. The van der Waals surface area contributed by atoms with Gasteiger partial charge >= 0.3 is 5.97 Å². The highest BCUT2D eigenvalue weighted by atomic mass is 16.5. The number of aldehydes is 1. The normalized spacial score (nSPS) is 13.1. The second kappa shape index (κ2) is 11.7. The minimum absolute atomic E-state index is 0.0310. The molecule has 0 heterocycles. The lowest BCUT2D eigenvalue weighted by molar-refractivity contribution is -0.154. The molecule has 0 aliphatic carbocycles. The SMILES string of the molecule is CC[C@H](CCC(=O)OC(C=O)C(C)C)NC(=O)CCOC=O. The van der Waals surface area contributed by atoms with Crippen LogP contribution in [0, 0.1) is 5.92 Å². The Morgan fingerprint density at radius 2 is 1.86 bits per heavy atom. The predicted molar refractivity (Wildman–Crippen MR) is 78.9 cm³/mol. The number of ether oxygens (including phenoxy) is 2. The molecular weight excluding hydrogens is 290 g/mol. The molecule has 1 unspecified atom stereocenters. The fourth-order valence-corrected chi connectivity index (χ4v) is 1.70. The molecule has 22 heavy (non-hydrogen) atoms. The number of nitrogens with one attached hydrogen (secondary N) is 1. The molecule has 0 aromatic rings. The summed E-state index contributed by atoms with van der Waals surface area (Å²) in [5, 5.41) is 2.76. The quantitative estimate of drug-likeness (QED) is 0.327. The van der Waals surface area contributed by atoms with E-state index in [9.17, 15) is 19.2 Å². The molecule has 0 rings (SSSR count). The maximum absolute atomic E-state index is 11.7. The monoisotopic (exact) mass is 315 g/mol. The third-order valence-corrected chi connectivity index (χ3v) is 3.13. The molecule has 0 saturated carbocycles. The summed E-state index contributed by atoms with van der Waals surface area (Å²) < 4.78 is 9.51. The van der Waals surface area contributed by atoms with Crippen LogP contribution in [0.15, 0.2) is 0 Å². The van der Waals surface area contributed by atoms with E-state index in [1.807, 2.05) is 6.92 Å². The second-order valence-corrected chi connectivity index (χ2v) is 5.26. The smallest absolute Gasteiger partial charge is 0.306 e. The molecule has 0 aromatic heterocycles. The van der Waals surface area contributed by atoms with Crippen molar-refractivity contribution in [1.82, 2.24) is 5.32 Å². The van der Waals surface area contributed by atoms with E-state index in [1.165, 1.54) is 0 Å². The Hall–Kier alpha value is -1.92. The minimum Gasteiger partial charge on any atom is -0.467 e. The van der Waals surface area contributed by atoms with Crippen LogP contribution < -0.4 is 5.32 Å². The summed E-state index contributed by atoms with van der Waals surface area (Å²) >= 11 is 0. The molecule has 0 spiro atoms. The van der Waals surface area contributed by atoms with E-state index in [0.717, 1.165) is 0 Å². The van der Waals surface area contributed by atoms with Gasteiger partial charge in [0.2, 0.25) is 5.91 Å². The fourth-order valence-electron chi connectivity index (χ4n) is 1.70. The van der Waals surface area contributed by atoms with Crippen LogP contribution in [0.25, 0.3) is 0 Å². The topological polar surface area (TPSA) is 98.8 Å². The van der Waals surface area contributed by atoms with Crippen molar-refractivity contribution >= 4 is 24.6 Å². The predicted octanol–water partition coefficient (Wildman–Crippen LogP) is 0.991. The number of carbonyl (C=O) groups is 4. The molecule has 1 amide bonds. The highest BCUT2D eigenvalue weighted by molar-refractivity contribution is 5.76. The Bertz CT molecular complexity index is 369. The summed E-state index contributed by atoms with van der Waals surface area (Å²) in [5.41, 5.74) is 0. The Balaban J connectivity index is 4.12. The van der Waals surface area contributed by atoms with Crippen LogP contribution in [0.4, 0.5) is 0 Å². The second-order valence-electron chi connectivity index (χ2n) is 5.26. The number of carbonyl (C=O) groups excluding carboxylic acids is 4. The van der Waals surface area contributed by atoms with Crippen molar-refractivity contribution in [2.24, 2.45) is 5.92 Å². The minimum atomic E-state index is -0.734. The fraction of sp³-hybridized carbons (Fsp3) is 0.733. The number of hydrogen-bond acceptors (Lipinski definition) is 6. The lowest BCUT2D eigenvalue weighted by Crippen LogP contribution is -2.35. The van der Waals surface area contributed by atoms with Crippen molar-refractivity contribution in [2.45, 2.75) is 58.6 Å². The lowest BCUT2D eigenvalue weighted by atomic mass is 10.1. The van der Waals surface area contributed by atoms with Gasteiger partial charge in [0.1, 0.15) is 0 Å². The van der Waals surface area contributed by atoms with Gasteiger partial charge in [0.15, 0.2) is 12.4 Å². The zero-order chi connectivity index (χ0) is 17.0. The molecule has 0 aliphatic heterocycles. The molecular formula is C15H25NO6. The van der Waals surface area contributed by atoms with Gasteiger partial charge < -0.3 is 14.8 Å². The van der Waals surface area contributed by atoms with E-state index < -0.39 is 12.1 Å². The van der Waals surface area contributed by atoms with Crippen molar-refractivity contribution in [3.05, 3.63) is 0 Å². The first-order chi connectivity index (χ1) is 10.4. The summed E-state index contributed by atoms with van der Waals surface area (Å²) in [6, 6.07) is -0.162. The van der Waals surface area contributed by atoms with Gasteiger partial charge in [-0.2, -0.15) is 0 Å². The first kappa shape index (κ1) is 20.1. The van der Waals surface area contributed by atoms with Crippen LogP contribution in [0.3, 0.4) is 0 Å². The van der Waals surface area contributed by atoms with Crippen molar-refractivity contribution in [3.63, 3.8) is 0 Å². The highest BCUT2D eigenvalue weighted by Gasteiger charge is 2.19. The van der Waals surface area contributed by atoms with Crippen LogP contribution in [0.2, 0.25) is 0 Å². The Kier molecular flexibility index (Phi) is 10.7. The zero-order valence-electron chi connectivity index (χ0n) is 13.4. The number of rotatable bonds is 12. The summed E-state index contributed by atoms with van der Waals surface area (Å²) in [5.74, 6) is -0.765. The van der Waals surface area contributed by atoms with Crippen molar-refractivity contribution in [3.8, 4) is 0 Å². The molecule has 126 valence electrons. The Morgan fingerprint density at radius 1 is 1.18 bits per heavy atom. The number of hydrogen-bond donors (Lipinski definition) is 1. The van der Waals surface area contributed by atoms with Crippen LogP contribution in [0.5, 0.6) is 0 Å². The van der Waals surface area contributed by atoms with Crippen molar-refractivity contribution in [1.29, 1.82) is 0 Å². The van der Waals surface area contributed by atoms with E-state index in [-0.39, 0.29) is 37.3 Å². The van der Waals surface area contributed by atoms with Crippen LogP contribution in [-0.4, -0.2) is 43.4 Å². The van der Waals surface area contributed by atoms with Crippen LogP contribution >= 0.6 is 0 Å².